The number of amides is 1. The van der Waals surface area contributed by atoms with Crippen LogP contribution < -0.4 is 14.8 Å². The van der Waals surface area contributed by atoms with E-state index < -0.39 is 0 Å². The van der Waals surface area contributed by atoms with Crippen LogP contribution in [0.5, 0.6) is 11.5 Å². The normalized spacial score (nSPS) is 16.0. The van der Waals surface area contributed by atoms with Crippen molar-refractivity contribution in [1.29, 1.82) is 0 Å². The summed E-state index contributed by atoms with van der Waals surface area (Å²) in [6, 6.07) is 13.4. The summed E-state index contributed by atoms with van der Waals surface area (Å²) < 4.78 is 10.8. The van der Waals surface area contributed by atoms with Crippen LogP contribution in [-0.4, -0.2) is 61.7 Å². The van der Waals surface area contributed by atoms with E-state index in [4.69, 9.17) is 21.1 Å². The van der Waals surface area contributed by atoms with Crippen molar-refractivity contribution in [1.82, 2.24) is 15.1 Å². The monoisotopic (exact) mass is 428 g/mol. The predicted molar refractivity (Wildman–Crippen MR) is 116 cm³/mol. The number of benzene rings is 2. The minimum Gasteiger partial charge on any atom is -0.454 e. The lowest BCUT2D eigenvalue weighted by atomic mass is 10.1. The summed E-state index contributed by atoms with van der Waals surface area (Å²) in [4.78, 5) is 21.1. The number of ether oxygens (including phenoxy) is 2. The number of guanidine groups is 1. The highest BCUT2D eigenvalue weighted by Gasteiger charge is 2.23. The third-order valence-corrected chi connectivity index (χ3v) is 5.51. The minimum absolute atomic E-state index is 0.125. The first-order valence-electron chi connectivity index (χ1n) is 9.99. The Morgan fingerprint density at radius 3 is 2.57 bits per heavy atom. The van der Waals surface area contributed by atoms with Gasteiger partial charge in [0.2, 0.25) is 12.7 Å². The van der Waals surface area contributed by atoms with Gasteiger partial charge < -0.3 is 24.6 Å². The van der Waals surface area contributed by atoms with Gasteiger partial charge in [-0.25, -0.2) is 0 Å². The first-order valence-corrected chi connectivity index (χ1v) is 10.4. The van der Waals surface area contributed by atoms with E-state index in [9.17, 15) is 4.79 Å². The summed E-state index contributed by atoms with van der Waals surface area (Å²) >= 11 is 6.02. The van der Waals surface area contributed by atoms with Gasteiger partial charge in [0, 0.05) is 44.8 Å². The topological polar surface area (TPSA) is 66.4 Å². The molecule has 7 nitrogen and oxygen atoms in total. The molecule has 2 heterocycles. The van der Waals surface area contributed by atoms with Crippen molar-refractivity contribution in [2.45, 2.75) is 13.0 Å². The Kier molecular flexibility index (Phi) is 6.28. The number of fused-ring (bicyclic) bond motifs is 1. The van der Waals surface area contributed by atoms with Crippen LogP contribution in [0.1, 0.15) is 11.1 Å². The molecule has 0 atom stereocenters. The maximum absolute atomic E-state index is 12.6. The zero-order valence-electron chi connectivity index (χ0n) is 16.9. The van der Waals surface area contributed by atoms with E-state index in [2.05, 4.69) is 15.2 Å². The molecule has 1 amide bonds. The van der Waals surface area contributed by atoms with Crippen molar-refractivity contribution in [2.75, 3.05) is 40.0 Å². The van der Waals surface area contributed by atoms with Gasteiger partial charge >= 0.3 is 0 Å². The average Bonchev–Trinajstić information content (AvgIpc) is 3.22. The fourth-order valence-electron chi connectivity index (χ4n) is 3.67. The lowest BCUT2D eigenvalue weighted by molar-refractivity contribution is -0.131. The lowest BCUT2D eigenvalue weighted by Gasteiger charge is -2.36. The molecule has 0 unspecified atom stereocenters. The van der Waals surface area contributed by atoms with Crippen LogP contribution in [0.25, 0.3) is 0 Å². The summed E-state index contributed by atoms with van der Waals surface area (Å²) in [6.45, 7) is 3.73. The number of piperazine rings is 1. The third kappa shape index (κ3) is 4.79. The Labute approximate surface area is 181 Å². The molecular formula is C22H25ClN4O3. The molecule has 2 aromatic rings. The van der Waals surface area contributed by atoms with E-state index >= 15 is 0 Å². The molecule has 2 aromatic carbocycles. The van der Waals surface area contributed by atoms with Gasteiger partial charge in [0.15, 0.2) is 17.5 Å². The van der Waals surface area contributed by atoms with Crippen LogP contribution in [0.3, 0.4) is 0 Å². The molecule has 1 fully saturated rings. The van der Waals surface area contributed by atoms with Crippen molar-refractivity contribution in [3.63, 3.8) is 0 Å². The molecule has 1 N–H and O–H groups in total. The summed E-state index contributed by atoms with van der Waals surface area (Å²) in [5, 5.41) is 4.05. The number of nitrogens with one attached hydrogen (secondary N) is 1. The first kappa shape index (κ1) is 20.3. The quantitative estimate of drug-likeness (QED) is 0.598. The average molecular weight is 429 g/mol. The second-order valence-corrected chi connectivity index (χ2v) is 7.70. The van der Waals surface area contributed by atoms with E-state index in [0.29, 0.717) is 31.1 Å². The largest absolute Gasteiger partial charge is 0.454 e. The number of carbonyl (C=O) groups excluding carboxylic acids is 1. The number of nitrogens with zero attached hydrogens (tertiary/aromatic N) is 3. The molecule has 0 aromatic heterocycles. The first-order chi connectivity index (χ1) is 14.6. The molecule has 2 aliphatic heterocycles. The number of hydrogen-bond acceptors (Lipinski definition) is 4. The van der Waals surface area contributed by atoms with Gasteiger partial charge in [0.1, 0.15) is 0 Å². The molecule has 0 radical (unpaired) electrons. The van der Waals surface area contributed by atoms with Crippen LogP contribution in [0, 0.1) is 0 Å². The summed E-state index contributed by atoms with van der Waals surface area (Å²) in [6.07, 6.45) is 0.373. The van der Waals surface area contributed by atoms with Gasteiger partial charge in [-0.3, -0.25) is 9.79 Å². The van der Waals surface area contributed by atoms with Gasteiger partial charge in [0.25, 0.3) is 0 Å². The van der Waals surface area contributed by atoms with E-state index in [1.165, 1.54) is 0 Å². The second kappa shape index (κ2) is 9.26. The molecule has 30 heavy (non-hydrogen) atoms. The molecule has 1 saturated heterocycles. The van der Waals surface area contributed by atoms with Crippen molar-refractivity contribution < 1.29 is 14.3 Å². The molecule has 0 saturated carbocycles. The van der Waals surface area contributed by atoms with Crippen LogP contribution in [-0.2, 0) is 17.8 Å². The van der Waals surface area contributed by atoms with E-state index in [1.807, 2.05) is 47.4 Å². The molecule has 0 bridgehead atoms. The maximum atomic E-state index is 12.6. The minimum atomic E-state index is 0.125. The Morgan fingerprint density at radius 1 is 1.03 bits per heavy atom. The number of carbonyl (C=O) groups is 1. The Balaban J connectivity index is 1.27. The zero-order chi connectivity index (χ0) is 20.9. The van der Waals surface area contributed by atoms with Crippen LogP contribution in [0.15, 0.2) is 47.5 Å². The number of aliphatic imine (C=N–C) groups is 1. The molecular weight excluding hydrogens is 404 g/mol. The Morgan fingerprint density at radius 2 is 1.80 bits per heavy atom. The fourth-order valence-corrected chi connectivity index (χ4v) is 3.88. The fraction of sp³-hybridized carbons (Fsp3) is 0.364. The maximum Gasteiger partial charge on any atom is 0.231 e. The van der Waals surface area contributed by atoms with Crippen LogP contribution in [0.2, 0.25) is 5.02 Å². The van der Waals surface area contributed by atoms with Gasteiger partial charge in [-0.15, -0.1) is 0 Å². The number of halogens is 1. The Hall–Kier alpha value is -2.93. The molecule has 8 heteroatoms. The third-order valence-electron chi connectivity index (χ3n) is 5.28. The molecule has 0 aliphatic carbocycles. The number of rotatable bonds is 4. The van der Waals surface area contributed by atoms with Gasteiger partial charge in [0.05, 0.1) is 6.42 Å². The van der Waals surface area contributed by atoms with Crippen molar-refractivity contribution in [3.05, 3.63) is 58.6 Å². The highest BCUT2D eigenvalue weighted by Crippen LogP contribution is 2.32. The highest BCUT2D eigenvalue weighted by atomic mass is 35.5. The lowest BCUT2D eigenvalue weighted by Crippen LogP contribution is -2.53. The van der Waals surface area contributed by atoms with E-state index in [-0.39, 0.29) is 12.7 Å². The standard InChI is InChI=1S/C22H25ClN4O3/c1-24-22(25-14-17-5-6-19-20(12-17)30-15-29-19)27-9-7-26(8-10-27)21(28)13-16-3-2-4-18(23)11-16/h2-6,11-12H,7-10,13-15H2,1H3,(H,24,25). The number of hydrogen-bond donors (Lipinski definition) is 1. The van der Waals surface area contributed by atoms with E-state index in [0.717, 1.165) is 41.7 Å². The van der Waals surface area contributed by atoms with Crippen LogP contribution >= 0.6 is 11.6 Å². The molecule has 2 aliphatic rings. The summed E-state index contributed by atoms with van der Waals surface area (Å²) in [5.41, 5.74) is 2.03. The second-order valence-electron chi connectivity index (χ2n) is 7.26. The van der Waals surface area contributed by atoms with Crippen molar-refractivity contribution in [3.8, 4) is 11.5 Å². The smallest absolute Gasteiger partial charge is 0.231 e. The zero-order valence-corrected chi connectivity index (χ0v) is 17.7. The van der Waals surface area contributed by atoms with E-state index in [1.54, 1.807) is 7.05 Å². The van der Waals surface area contributed by atoms with Gasteiger partial charge in [-0.05, 0) is 35.4 Å². The predicted octanol–water partition coefficient (Wildman–Crippen LogP) is 2.53. The van der Waals surface area contributed by atoms with Gasteiger partial charge in [-0.1, -0.05) is 29.8 Å². The Bertz CT molecular complexity index is 942. The summed E-state index contributed by atoms with van der Waals surface area (Å²) in [5.74, 6) is 2.51. The van der Waals surface area contributed by atoms with Crippen LogP contribution in [0.4, 0.5) is 0 Å². The summed E-state index contributed by atoms with van der Waals surface area (Å²) in [7, 11) is 1.78. The van der Waals surface area contributed by atoms with Crippen molar-refractivity contribution in [2.24, 2.45) is 4.99 Å². The molecule has 158 valence electrons. The SMILES string of the molecule is CN=C(NCc1ccc2c(c1)OCO2)N1CCN(C(=O)Cc2cccc(Cl)c2)CC1. The molecule has 4 rings (SSSR count). The van der Waals surface area contributed by atoms with Gasteiger partial charge in [-0.2, -0.15) is 0 Å². The highest BCUT2D eigenvalue weighted by molar-refractivity contribution is 6.30. The van der Waals surface area contributed by atoms with Crippen molar-refractivity contribution >= 4 is 23.5 Å². The molecule has 0 spiro atoms.